The Kier molecular flexibility index (Phi) is 7.55. The van der Waals surface area contributed by atoms with Crippen LogP contribution >= 0.6 is 11.8 Å². The molecule has 6 nitrogen and oxygen atoms in total. The van der Waals surface area contributed by atoms with Crippen LogP contribution in [0.4, 0.5) is 5.69 Å². The van der Waals surface area contributed by atoms with Gasteiger partial charge in [0.1, 0.15) is 0 Å². The first-order chi connectivity index (χ1) is 13.0. The molecular weight excluding hydrogens is 366 g/mol. The maximum atomic E-state index is 12.4. The topological polar surface area (TPSA) is 73.9 Å². The SMILES string of the molecule is CCOC(=O)c1ccc(NC(=O)[C@@H](C)Sc2ccc(OC)c(OC)c2)cc1. The van der Waals surface area contributed by atoms with E-state index in [2.05, 4.69) is 5.32 Å². The van der Waals surface area contributed by atoms with E-state index in [1.54, 1.807) is 51.5 Å². The Balaban J connectivity index is 1.98. The molecule has 1 atom stereocenters. The fourth-order valence-electron chi connectivity index (χ4n) is 2.30. The molecule has 1 amide bonds. The monoisotopic (exact) mass is 389 g/mol. The smallest absolute Gasteiger partial charge is 0.338 e. The number of esters is 1. The van der Waals surface area contributed by atoms with Gasteiger partial charge in [0.25, 0.3) is 0 Å². The summed E-state index contributed by atoms with van der Waals surface area (Å²) in [6, 6.07) is 12.1. The number of amides is 1. The summed E-state index contributed by atoms with van der Waals surface area (Å²) >= 11 is 1.41. The minimum Gasteiger partial charge on any atom is -0.493 e. The molecule has 0 saturated heterocycles. The number of nitrogens with one attached hydrogen (secondary N) is 1. The van der Waals surface area contributed by atoms with E-state index in [0.717, 1.165) is 4.90 Å². The van der Waals surface area contributed by atoms with Gasteiger partial charge in [-0.3, -0.25) is 4.79 Å². The average Bonchev–Trinajstić information content (AvgIpc) is 2.68. The molecule has 27 heavy (non-hydrogen) atoms. The largest absolute Gasteiger partial charge is 0.493 e. The van der Waals surface area contributed by atoms with Crippen LogP contribution in [0.2, 0.25) is 0 Å². The first kappa shape index (κ1) is 20.6. The highest BCUT2D eigenvalue weighted by Gasteiger charge is 2.16. The van der Waals surface area contributed by atoms with Crippen molar-refractivity contribution in [1.82, 2.24) is 0 Å². The van der Waals surface area contributed by atoms with E-state index >= 15 is 0 Å². The molecule has 2 rings (SSSR count). The number of carbonyl (C=O) groups is 2. The summed E-state index contributed by atoms with van der Waals surface area (Å²) in [4.78, 5) is 25.0. The van der Waals surface area contributed by atoms with E-state index in [1.165, 1.54) is 11.8 Å². The van der Waals surface area contributed by atoms with Crippen molar-refractivity contribution in [2.24, 2.45) is 0 Å². The Labute approximate surface area is 163 Å². The molecule has 0 radical (unpaired) electrons. The third-order valence-electron chi connectivity index (χ3n) is 3.70. The van der Waals surface area contributed by atoms with Crippen LogP contribution in [0, 0.1) is 0 Å². The van der Waals surface area contributed by atoms with Crippen LogP contribution in [0.25, 0.3) is 0 Å². The molecule has 0 aromatic heterocycles. The molecule has 0 fully saturated rings. The van der Waals surface area contributed by atoms with Crippen LogP contribution in [0.5, 0.6) is 11.5 Å². The zero-order valence-corrected chi connectivity index (χ0v) is 16.6. The van der Waals surface area contributed by atoms with Crippen molar-refractivity contribution < 1.29 is 23.8 Å². The van der Waals surface area contributed by atoms with Gasteiger partial charge in [0.15, 0.2) is 11.5 Å². The van der Waals surface area contributed by atoms with E-state index in [-0.39, 0.29) is 17.1 Å². The maximum absolute atomic E-state index is 12.4. The summed E-state index contributed by atoms with van der Waals surface area (Å²) in [6.45, 7) is 3.90. The minimum atomic E-state index is -0.382. The summed E-state index contributed by atoms with van der Waals surface area (Å²) in [5, 5.41) is 2.52. The summed E-state index contributed by atoms with van der Waals surface area (Å²) in [7, 11) is 3.15. The normalized spacial score (nSPS) is 11.4. The number of carbonyl (C=O) groups excluding carboxylic acids is 2. The number of hydrogen-bond donors (Lipinski definition) is 1. The van der Waals surface area contributed by atoms with Crippen LogP contribution < -0.4 is 14.8 Å². The van der Waals surface area contributed by atoms with Gasteiger partial charge in [-0.25, -0.2) is 4.79 Å². The van der Waals surface area contributed by atoms with Crippen molar-refractivity contribution >= 4 is 29.3 Å². The molecule has 0 bridgehead atoms. The minimum absolute atomic E-state index is 0.140. The lowest BCUT2D eigenvalue weighted by atomic mass is 10.2. The van der Waals surface area contributed by atoms with Gasteiger partial charge in [0, 0.05) is 10.6 Å². The lowest BCUT2D eigenvalue weighted by Gasteiger charge is -2.14. The zero-order chi connectivity index (χ0) is 19.8. The van der Waals surface area contributed by atoms with Gasteiger partial charge >= 0.3 is 5.97 Å². The quantitative estimate of drug-likeness (QED) is 0.543. The van der Waals surface area contributed by atoms with E-state index in [0.29, 0.717) is 29.4 Å². The zero-order valence-electron chi connectivity index (χ0n) is 15.8. The molecule has 0 saturated carbocycles. The van der Waals surface area contributed by atoms with Crippen molar-refractivity contribution in [2.75, 3.05) is 26.1 Å². The number of ether oxygens (including phenoxy) is 3. The number of thioether (sulfide) groups is 1. The molecule has 1 N–H and O–H groups in total. The Morgan fingerprint density at radius 1 is 1.04 bits per heavy atom. The second-order valence-corrected chi connectivity index (χ2v) is 6.98. The Hall–Kier alpha value is -2.67. The molecule has 144 valence electrons. The molecule has 0 unspecified atom stereocenters. The number of methoxy groups -OCH3 is 2. The Morgan fingerprint density at radius 3 is 2.30 bits per heavy atom. The molecule has 0 heterocycles. The van der Waals surface area contributed by atoms with Crippen LogP contribution in [0.15, 0.2) is 47.4 Å². The van der Waals surface area contributed by atoms with E-state index in [1.807, 2.05) is 19.1 Å². The van der Waals surface area contributed by atoms with Crippen molar-refractivity contribution in [3.05, 3.63) is 48.0 Å². The lowest BCUT2D eigenvalue weighted by molar-refractivity contribution is -0.115. The highest BCUT2D eigenvalue weighted by atomic mass is 32.2. The summed E-state index contributed by atoms with van der Waals surface area (Å²) < 4.78 is 15.4. The highest BCUT2D eigenvalue weighted by Crippen LogP contribution is 2.33. The number of hydrogen-bond acceptors (Lipinski definition) is 6. The molecule has 2 aromatic rings. The van der Waals surface area contributed by atoms with Crippen LogP contribution in [-0.4, -0.2) is 38.0 Å². The lowest BCUT2D eigenvalue weighted by Crippen LogP contribution is -2.22. The molecule has 0 aliphatic carbocycles. The third kappa shape index (κ3) is 5.65. The van der Waals surface area contributed by atoms with Crippen LogP contribution in [0.1, 0.15) is 24.2 Å². The molecular formula is C20H23NO5S. The van der Waals surface area contributed by atoms with Gasteiger partial charge in [-0.1, -0.05) is 0 Å². The second-order valence-electron chi connectivity index (χ2n) is 5.56. The number of anilines is 1. The van der Waals surface area contributed by atoms with Crippen LogP contribution in [-0.2, 0) is 9.53 Å². The van der Waals surface area contributed by atoms with E-state index < -0.39 is 0 Å². The van der Waals surface area contributed by atoms with Crippen molar-refractivity contribution in [1.29, 1.82) is 0 Å². The molecule has 2 aromatic carbocycles. The van der Waals surface area contributed by atoms with Gasteiger partial charge in [-0.05, 0) is 56.3 Å². The summed E-state index contributed by atoms with van der Waals surface area (Å²) in [6.07, 6.45) is 0. The Morgan fingerprint density at radius 2 is 1.70 bits per heavy atom. The number of rotatable bonds is 8. The predicted molar refractivity (Wildman–Crippen MR) is 106 cm³/mol. The Bertz CT molecular complexity index is 791. The van der Waals surface area contributed by atoms with Crippen molar-refractivity contribution in [3.8, 4) is 11.5 Å². The van der Waals surface area contributed by atoms with Gasteiger partial charge in [0.05, 0.1) is 31.6 Å². The van der Waals surface area contributed by atoms with Gasteiger partial charge < -0.3 is 19.5 Å². The highest BCUT2D eigenvalue weighted by molar-refractivity contribution is 8.00. The second kappa shape index (κ2) is 9.87. The first-order valence-corrected chi connectivity index (χ1v) is 9.33. The third-order valence-corrected chi connectivity index (χ3v) is 4.79. The fourth-order valence-corrected chi connectivity index (χ4v) is 3.19. The molecule has 0 aliphatic heterocycles. The predicted octanol–water partition coefficient (Wildman–Crippen LogP) is 4.00. The average molecular weight is 389 g/mol. The molecule has 7 heteroatoms. The first-order valence-electron chi connectivity index (χ1n) is 8.45. The van der Waals surface area contributed by atoms with E-state index in [9.17, 15) is 9.59 Å². The summed E-state index contributed by atoms with van der Waals surface area (Å²) in [5.74, 6) is 0.733. The fraction of sp³-hybridized carbons (Fsp3) is 0.300. The standard InChI is InChI=1S/C20H23NO5S/c1-5-26-20(23)14-6-8-15(9-7-14)21-19(22)13(2)27-16-10-11-17(24-3)18(12-16)25-4/h6-13H,5H2,1-4H3,(H,21,22)/t13-/m1/s1. The number of benzene rings is 2. The van der Waals surface area contributed by atoms with Gasteiger partial charge in [0.2, 0.25) is 5.91 Å². The van der Waals surface area contributed by atoms with Crippen molar-refractivity contribution in [3.63, 3.8) is 0 Å². The van der Waals surface area contributed by atoms with Crippen LogP contribution in [0.3, 0.4) is 0 Å². The van der Waals surface area contributed by atoms with Crippen molar-refractivity contribution in [2.45, 2.75) is 24.0 Å². The van der Waals surface area contributed by atoms with Gasteiger partial charge in [-0.2, -0.15) is 0 Å². The molecule has 0 spiro atoms. The maximum Gasteiger partial charge on any atom is 0.338 e. The van der Waals surface area contributed by atoms with E-state index in [4.69, 9.17) is 14.2 Å². The van der Waals surface area contributed by atoms with Gasteiger partial charge in [-0.15, -0.1) is 11.8 Å². The molecule has 0 aliphatic rings. The summed E-state index contributed by atoms with van der Waals surface area (Å²) in [5.41, 5.74) is 1.07.